The molecule has 0 N–H and O–H groups in total. The van der Waals surface area contributed by atoms with Crippen LogP contribution >= 0.6 is 0 Å². The quantitative estimate of drug-likeness (QED) is 0.707. The van der Waals surface area contributed by atoms with Crippen molar-refractivity contribution in [2.24, 2.45) is 0 Å². The second-order valence-electron chi connectivity index (χ2n) is 6.02. The number of hydrogen-bond donors (Lipinski definition) is 0. The van der Waals surface area contributed by atoms with Gasteiger partial charge in [0.15, 0.2) is 5.82 Å². The van der Waals surface area contributed by atoms with Gasteiger partial charge in [0.25, 0.3) is 10.2 Å². The smallest absolute Gasteiger partial charge is 0.282 e. The average Bonchev–Trinajstić information content (AvgIpc) is 3.05. The summed E-state index contributed by atoms with van der Waals surface area (Å²) in [5, 5.41) is 0. The van der Waals surface area contributed by atoms with Gasteiger partial charge in [-0.3, -0.25) is 4.98 Å². The monoisotopic (exact) mass is 357 g/mol. The lowest BCUT2D eigenvalue weighted by atomic mass is 10.3. The molecule has 0 aromatic carbocycles. The fraction of sp³-hybridized carbons (Fsp3) is 0.714. The second-order valence-corrected chi connectivity index (χ2v) is 7.94. The Bertz CT molecular complexity index is 663. The van der Waals surface area contributed by atoms with Crippen LogP contribution in [-0.4, -0.2) is 86.6 Å². The molecule has 0 bridgehead atoms. The van der Waals surface area contributed by atoms with Crippen LogP contribution in [-0.2, 0) is 14.9 Å². The minimum absolute atomic E-state index is 0.215. The van der Waals surface area contributed by atoms with E-state index >= 15 is 0 Å². The highest BCUT2D eigenvalue weighted by atomic mass is 32.2. The molecule has 0 amide bonds. The van der Waals surface area contributed by atoms with Crippen LogP contribution in [0.25, 0.3) is 0 Å². The number of aromatic nitrogens is 2. The number of ether oxygens (including phenoxy) is 2. The minimum Gasteiger partial charge on any atom is -0.472 e. The molecular weight excluding hydrogens is 334 g/mol. The molecule has 2 fully saturated rings. The Morgan fingerprint density at radius 3 is 2.67 bits per heavy atom. The van der Waals surface area contributed by atoms with E-state index in [1.54, 1.807) is 12.4 Å². The molecule has 1 unspecified atom stereocenters. The van der Waals surface area contributed by atoms with Gasteiger partial charge in [-0.2, -0.15) is 22.0 Å². The first-order valence-corrected chi connectivity index (χ1v) is 9.35. The zero-order valence-electron chi connectivity index (χ0n) is 14.0. The van der Waals surface area contributed by atoms with Crippen LogP contribution in [0.3, 0.4) is 0 Å². The maximum absolute atomic E-state index is 12.6. The van der Waals surface area contributed by atoms with Crippen LogP contribution < -0.4 is 9.64 Å². The maximum atomic E-state index is 12.6. The van der Waals surface area contributed by atoms with Crippen LogP contribution in [0, 0.1) is 0 Å². The Kier molecular flexibility index (Phi) is 5.18. The Morgan fingerprint density at radius 2 is 1.96 bits per heavy atom. The lowest BCUT2D eigenvalue weighted by Gasteiger charge is -2.29. The Balaban J connectivity index is 1.62. The molecular formula is C14H23N5O4S. The van der Waals surface area contributed by atoms with E-state index in [9.17, 15) is 8.42 Å². The van der Waals surface area contributed by atoms with Gasteiger partial charge in [0.05, 0.1) is 32.2 Å². The molecule has 0 aliphatic carbocycles. The second kappa shape index (κ2) is 7.18. The van der Waals surface area contributed by atoms with Crippen LogP contribution in [0.1, 0.15) is 6.42 Å². The van der Waals surface area contributed by atoms with E-state index in [4.69, 9.17) is 9.47 Å². The van der Waals surface area contributed by atoms with Crippen LogP contribution in [0.4, 0.5) is 5.82 Å². The lowest BCUT2D eigenvalue weighted by molar-refractivity contribution is 0.0703. The van der Waals surface area contributed by atoms with Crippen molar-refractivity contribution < 1.29 is 17.9 Å². The normalized spacial score (nSPS) is 23.3. The third kappa shape index (κ3) is 3.77. The summed E-state index contributed by atoms with van der Waals surface area (Å²) in [4.78, 5) is 10.3. The van der Waals surface area contributed by atoms with E-state index < -0.39 is 10.2 Å². The van der Waals surface area contributed by atoms with Gasteiger partial charge in [-0.05, 0) is 6.42 Å². The van der Waals surface area contributed by atoms with Gasteiger partial charge in [0, 0.05) is 33.7 Å². The molecule has 134 valence electrons. The van der Waals surface area contributed by atoms with Gasteiger partial charge in [0.2, 0.25) is 5.88 Å². The van der Waals surface area contributed by atoms with Gasteiger partial charge >= 0.3 is 0 Å². The molecule has 10 heteroatoms. The summed E-state index contributed by atoms with van der Waals surface area (Å²) in [5.41, 5.74) is 0. The van der Waals surface area contributed by atoms with Gasteiger partial charge in [0.1, 0.15) is 6.10 Å². The van der Waals surface area contributed by atoms with Crippen molar-refractivity contribution in [3.05, 3.63) is 12.4 Å². The molecule has 1 aromatic rings. The van der Waals surface area contributed by atoms with Crippen LogP contribution in [0.5, 0.6) is 5.88 Å². The molecule has 24 heavy (non-hydrogen) atoms. The average molecular weight is 357 g/mol. The molecule has 1 aromatic heterocycles. The first-order chi connectivity index (χ1) is 11.5. The fourth-order valence-corrected chi connectivity index (χ4v) is 4.35. The third-order valence-electron chi connectivity index (χ3n) is 4.08. The summed E-state index contributed by atoms with van der Waals surface area (Å²) in [5.74, 6) is 1.11. The molecule has 2 saturated heterocycles. The minimum atomic E-state index is -3.45. The molecule has 3 heterocycles. The van der Waals surface area contributed by atoms with Crippen molar-refractivity contribution in [2.75, 3.05) is 58.4 Å². The van der Waals surface area contributed by atoms with E-state index in [2.05, 4.69) is 9.97 Å². The van der Waals surface area contributed by atoms with Gasteiger partial charge in [-0.15, -0.1) is 0 Å². The largest absolute Gasteiger partial charge is 0.472 e. The summed E-state index contributed by atoms with van der Waals surface area (Å²) in [6.45, 7) is 2.47. The molecule has 0 radical (unpaired) electrons. The molecule has 0 saturated carbocycles. The summed E-state index contributed by atoms with van der Waals surface area (Å²) >= 11 is 0. The number of morpholine rings is 1. The molecule has 9 nitrogen and oxygen atoms in total. The van der Waals surface area contributed by atoms with Crippen molar-refractivity contribution in [1.29, 1.82) is 0 Å². The van der Waals surface area contributed by atoms with Crippen LogP contribution in [0.15, 0.2) is 12.4 Å². The zero-order chi connectivity index (χ0) is 17.2. The lowest BCUT2D eigenvalue weighted by Crippen LogP contribution is -2.48. The highest BCUT2D eigenvalue weighted by Gasteiger charge is 2.37. The van der Waals surface area contributed by atoms with E-state index in [1.165, 1.54) is 8.61 Å². The van der Waals surface area contributed by atoms with Crippen molar-refractivity contribution >= 4 is 16.0 Å². The van der Waals surface area contributed by atoms with E-state index in [0.717, 1.165) is 0 Å². The third-order valence-corrected chi connectivity index (χ3v) is 6.08. The predicted octanol–water partition coefficient (Wildman–Crippen LogP) is -0.427. The van der Waals surface area contributed by atoms with E-state index in [1.807, 2.05) is 19.0 Å². The Labute approximate surface area is 142 Å². The van der Waals surface area contributed by atoms with Gasteiger partial charge in [-0.25, -0.2) is 0 Å². The predicted molar refractivity (Wildman–Crippen MR) is 88.3 cm³/mol. The molecule has 0 spiro atoms. The van der Waals surface area contributed by atoms with Crippen molar-refractivity contribution in [3.8, 4) is 5.88 Å². The van der Waals surface area contributed by atoms with Crippen molar-refractivity contribution in [3.63, 3.8) is 0 Å². The molecule has 2 aliphatic heterocycles. The highest BCUT2D eigenvalue weighted by molar-refractivity contribution is 7.86. The van der Waals surface area contributed by atoms with Gasteiger partial charge in [-0.1, -0.05) is 0 Å². The number of nitrogens with zero attached hydrogens (tertiary/aromatic N) is 5. The van der Waals surface area contributed by atoms with E-state index in [0.29, 0.717) is 57.5 Å². The Hall–Kier alpha value is -1.49. The summed E-state index contributed by atoms with van der Waals surface area (Å²) in [7, 11) is 0.304. The first-order valence-electron chi connectivity index (χ1n) is 7.96. The topological polar surface area (TPSA) is 88.1 Å². The number of rotatable bonds is 5. The SMILES string of the molecule is CN(C)c1cncc(OC2CCN(S(=O)(=O)N3CCOCC3)C2)n1. The van der Waals surface area contributed by atoms with E-state index in [-0.39, 0.29) is 6.10 Å². The van der Waals surface area contributed by atoms with Crippen molar-refractivity contribution in [2.45, 2.75) is 12.5 Å². The maximum Gasteiger partial charge on any atom is 0.282 e. The highest BCUT2D eigenvalue weighted by Crippen LogP contribution is 2.22. The summed E-state index contributed by atoms with van der Waals surface area (Å²) in [6, 6.07) is 0. The summed E-state index contributed by atoms with van der Waals surface area (Å²) < 4.78 is 39.3. The Morgan fingerprint density at radius 1 is 1.21 bits per heavy atom. The first kappa shape index (κ1) is 17.3. The molecule has 3 rings (SSSR count). The number of hydrogen-bond acceptors (Lipinski definition) is 7. The van der Waals surface area contributed by atoms with Crippen molar-refractivity contribution in [1.82, 2.24) is 18.6 Å². The fourth-order valence-electron chi connectivity index (χ4n) is 2.73. The zero-order valence-corrected chi connectivity index (χ0v) is 14.8. The van der Waals surface area contributed by atoms with Crippen LogP contribution in [0.2, 0.25) is 0 Å². The van der Waals surface area contributed by atoms with Gasteiger partial charge < -0.3 is 14.4 Å². The standard InChI is InChI=1S/C14H23N5O4S/c1-17(2)13-9-15-10-14(16-13)23-12-3-4-19(11-12)24(20,21)18-5-7-22-8-6-18/h9-10,12H,3-8,11H2,1-2H3. The summed E-state index contributed by atoms with van der Waals surface area (Å²) in [6.07, 6.45) is 3.62. The molecule has 1 atom stereocenters. The molecule has 2 aliphatic rings. The number of anilines is 1.